The van der Waals surface area contributed by atoms with E-state index in [1.165, 1.54) is 12.1 Å². The van der Waals surface area contributed by atoms with E-state index in [4.69, 9.17) is 16.3 Å². The number of alkyl halides is 4. The maximum atomic E-state index is 12.8. The zero-order valence-electron chi connectivity index (χ0n) is 11.3. The van der Waals surface area contributed by atoms with Crippen molar-refractivity contribution >= 4 is 23.4 Å². The van der Waals surface area contributed by atoms with E-state index in [0.717, 1.165) is 6.07 Å². The number of ether oxygens (including phenoxy) is 1. The van der Waals surface area contributed by atoms with Crippen LogP contribution in [0.2, 0.25) is 0 Å². The SMILES string of the molecule is CC(C)(C)OC(=O)Nc1cccc(C(F)(F)F)c1CCl. The molecule has 1 N–H and O–H groups in total. The number of anilines is 1. The number of carbonyl (C=O) groups is 1. The van der Waals surface area contributed by atoms with Crippen molar-refractivity contribution in [3.05, 3.63) is 29.3 Å². The predicted molar refractivity (Wildman–Crippen MR) is 70.9 cm³/mol. The monoisotopic (exact) mass is 309 g/mol. The molecule has 1 aromatic carbocycles. The molecule has 0 fully saturated rings. The Morgan fingerprint density at radius 3 is 2.35 bits per heavy atom. The summed E-state index contributed by atoms with van der Waals surface area (Å²) >= 11 is 5.57. The fraction of sp³-hybridized carbons (Fsp3) is 0.462. The van der Waals surface area contributed by atoms with Gasteiger partial charge in [0.1, 0.15) is 5.60 Å². The van der Waals surface area contributed by atoms with Crippen molar-refractivity contribution in [2.24, 2.45) is 0 Å². The lowest BCUT2D eigenvalue weighted by Crippen LogP contribution is -2.27. The highest BCUT2D eigenvalue weighted by Gasteiger charge is 2.34. The number of carbonyl (C=O) groups excluding carboxylic acids is 1. The van der Waals surface area contributed by atoms with Crippen molar-refractivity contribution in [3.63, 3.8) is 0 Å². The van der Waals surface area contributed by atoms with Crippen LogP contribution in [-0.2, 0) is 16.8 Å². The van der Waals surface area contributed by atoms with Crippen LogP contribution in [-0.4, -0.2) is 11.7 Å². The zero-order valence-corrected chi connectivity index (χ0v) is 12.0. The van der Waals surface area contributed by atoms with Crippen LogP contribution in [0.5, 0.6) is 0 Å². The van der Waals surface area contributed by atoms with Crippen LogP contribution in [0, 0.1) is 0 Å². The molecule has 0 aliphatic rings. The third kappa shape index (κ3) is 4.59. The molecule has 1 aromatic rings. The van der Waals surface area contributed by atoms with E-state index in [9.17, 15) is 18.0 Å². The quantitative estimate of drug-likeness (QED) is 0.798. The summed E-state index contributed by atoms with van der Waals surface area (Å²) in [5.41, 5.74) is -1.81. The zero-order chi connectivity index (χ0) is 15.6. The lowest BCUT2D eigenvalue weighted by Gasteiger charge is -2.21. The lowest BCUT2D eigenvalue weighted by atomic mass is 10.1. The maximum Gasteiger partial charge on any atom is 0.416 e. The third-order valence-electron chi connectivity index (χ3n) is 2.25. The second-order valence-corrected chi connectivity index (χ2v) is 5.36. The molecule has 0 saturated carbocycles. The van der Waals surface area contributed by atoms with Gasteiger partial charge in [-0.3, -0.25) is 5.32 Å². The van der Waals surface area contributed by atoms with Crippen LogP contribution in [0.3, 0.4) is 0 Å². The molecule has 0 aliphatic heterocycles. The van der Waals surface area contributed by atoms with Crippen LogP contribution in [0.4, 0.5) is 23.7 Å². The molecule has 1 rings (SSSR count). The minimum atomic E-state index is -4.53. The normalized spacial score (nSPS) is 12.2. The van der Waals surface area contributed by atoms with Crippen molar-refractivity contribution in [2.75, 3.05) is 5.32 Å². The van der Waals surface area contributed by atoms with Gasteiger partial charge in [0.05, 0.1) is 11.4 Å². The average Bonchev–Trinajstić information content (AvgIpc) is 2.24. The Kier molecular flexibility index (Phi) is 4.91. The predicted octanol–water partition coefficient (Wildman–Crippen LogP) is 4.79. The third-order valence-corrected chi connectivity index (χ3v) is 2.52. The van der Waals surface area contributed by atoms with Crippen LogP contribution >= 0.6 is 11.6 Å². The molecule has 0 atom stereocenters. The highest BCUT2D eigenvalue weighted by molar-refractivity contribution is 6.17. The van der Waals surface area contributed by atoms with Crippen molar-refractivity contribution < 1.29 is 22.7 Å². The Balaban J connectivity index is 3.05. The van der Waals surface area contributed by atoms with Gasteiger partial charge < -0.3 is 4.74 Å². The van der Waals surface area contributed by atoms with E-state index in [1.54, 1.807) is 20.8 Å². The van der Waals surface area contributed by atoms with Gasteiger partial charge in [-0.1, -0.05) is 6.07 Å². The number of halogens is 4. The van der Waals surface area contributed by atoms with Crippen molar-refractivity contribution in [2.45, 2.75) is 38.4 Å². The number of hydrogen-bond acceptors (Lipinski definition) is 2. The molecule has 20 heavy (non-hydrogen) atoms. The Labute approximate surface area is 120 Å². The molecule has 0 heterocycles. The number of amides is 1. The average molecular weight is 310 g/mol. The molecular weight excluding hydrogens is 295 g/mol. The minimum Gasteiger partial charge on any atom is -0.444 e. The molecule has 0 spiro atoms. The first-order valence-corrected chi connectivity index (χ1v) is 6.33. The van der Waals surface area contributed by atoms with Crippen LogP contribution in [0.15, 0.2) is 18.2 Å². The van der Waals surface area contributed by atoms with Crippen LogP contribution in [0.1, 0.15) is 31.9 Å². The molecule has 3 nitrogen and oxygen atoms in total. The molecule has 0 aliphatic carbocycles. The van der Waals surface area contributed by atoms with Gasteiger partial charge >= 0.3 is 12.3 Å². The molecule has 0 unspecified atom stereocenters. The van der Waals surface area contributed by atoms with Gasteiger partial charge in [-0.25, -0.2) is 4.79 Å². The van der Waals surface area contributed by atoms with E-state index >= 15 is 0 Å². The van der Waals surface area contributed by atoms with Crippen molar-refractivity contribution in [1.29, 1.82) is 0 Å². The van der Waals surface area contributed by atoms with Gasteiger partial charge in [0.2, 0.25) is 0 Å². The molecule has 1 amide bonds. The van der Waals surface area contributed by atoms with Gasteiger partial charge in [0.25, 0.3) is 0 Å². The Morgan fingerprint density at radius 2 is 1.90 bits per heavy atom. The molecule has 0 saturated heterocycles. The maximum absolute atomic E-state index is 12.8. The fourth-order valence-electron chi connectivity index (χ4n) is 1.53. The smallest absolute Gasteiger partial charge is 0.416 e. The van der Waals surface area contributed by atoms with Crippen molar-refractivity contribution in [1.82, 2.24) is 0 Å². The van der Waals surface area contributed by atoms with Crippen LogP contribution in [0.25, 0.3) is 0 Å². The Hall–Kier alpha value is -1.43. The highest BCUT2D eigenvalue weighted by atomic mass is 35.5. The fourth-order valence-corrected chi connectivity index (χ4v) is 1.81. The first kappa shape index (κ1) is 16.6. The minimum absolute atomic E-state index is 0.0101. The standard InChI is InChI=1S/C13H15ClF3NO2/c1-12(2,3)20-11(19)18-10-6-4-5-9(8(10)7-14)13(15,16)17/h4-6H,7H2,1-3H3,(H,18,19). The summed E-state index contributed by atoms with van der Waals surface area (Å²) in [6.07, 6.45) is -5.36. The Morgan fingerprint density at radius 1 is 1.30 bits per heavy atom. The molecular formula is C13H15ClF3NO2. The second-order valence-electron chi connectivity index (χ2n) is 5.09. The van der Waals surface area contributed by atoms with E-state index < -0.39 is 23.4 Å². The second kappa shape index (κ2) is 5.91. The van der Waals surface area contributed by atoms with Crippen LogP contribution < -0.4 is 5.32 Å². The molecule has 0 aromatic heterocycles. The molecule has 0 radical (unpaired) electrons. The van der Waals surface area contributed by atoms with Crippen molar-refractivity contribution in [3.8, 4) is 0 Å². The lowest BCUT2D eigenvalue weighted by molar-refractivity contribution is -0.138. The summed E-state index contributed by atoms with van der Waals surface area (Å²) in [5, 5.41) is 2.28. The summed E-state index contributed by atoms with van der Waals surface area (Å²) in [7, 11) is 0. The van der Waals surface area contributed by atoms with Gasteiger partial charge in [-0.15, -0.1) is 11.6 Å². The van der Waals surface area contributed by atoms with E-state index in [2.05, 4.69) is 5.32 Å². The molecule has 7 heteroatoms. The van der Waals surface area contributed by atoms with Gasteiger partial charge in [0.15, 0.2) is 0 Å². The summed E-state index contributed by atoms with van der Waals surface area (Å²) in [5.74, 6) is -0.374. The summed E-state index contributed by atoms with van der Waals surface area (Å²) in [4.78, 5) is 11.6. The van der Waals surface area contributed by atoms with Gasteiger partial charge in [-0.2, -0.15) is 13.2 Å². The van der Waals surface area contributed by atoms with Gasteiger partial charge in [-0.05, 0) is 32.9 Å². The summed E-state index contributed by atoms with van der Waals surface area (Å²) in [6.45, 7) is 4.96. The molecule has 112 valence electrons. The Bertz CT molecular complexity index is 495. The number of hydrogen-bond donors (Lipinski definition) is 1. The first-order chi connectivity index (χ1) is 9.04. The number of rotatable bonds is 2. The topological polar surface area (TPSA) is 38.3 Å². The number of benzene rings is 1. The summed E-state index contributed by atoms with van der Waals surface area (Å²) in [6, 6.07) is 3.46. The van der Waals surface area contributed by atoms with E-state index in [1.807, 2.05) is 0 Å². The van der Waals surface area contributed by atoms with E-state index in [-0.39, 0.29) is 17.1 Å². The number of nitrogens with one attached hydrogen (secondary N) is 1. The molecule has 0 bridgehead atoms. The van der Waals surface area contributed by atoms with E-state index in [0.29, 0.717) is 0 Å². The van der Waals surface area contributed by atoms with Gasteiger partial charge in [0, 0.05) is 11.3 Å². The first-order valence-electron chi connectivity index (χ1n) is 5.79. The summed E-state index contributed by atoms with van der Waals surface area (Å²) < 4.78 is 43.5. The largest absolute Gasteiger partial charge is 0.444 e. The highest BCUT2D eigenvalue weighted by Crippen LogP contribution is 2.36.